The van der Waals surface area contributed by atoms with E-state index in [9.17, 15) is 13.6 Å². The van der Waals surface area contributed by atoms with E-state index in [1.165, 1.54) is 17.4 Å². The lowest BCUT2D eigenvalue weighted by atomic mass is 10.3. The van der Waals surface area contributed by atoms with Gasteiger partial charge in [0, 0.05) is 17.7 Å². The molecule has 1 heterocycles. The summed E-state index contributed by atoms with van der Waals surface area (Å²) in [6.45, 7) is 0.135. The first-order valence-electron chi connectivity index (χ1n) is 6.58. The first-order valence-corrected chi connectivity index (χ1v) is 7.46. The molecule has 1 aliphatic carbocycles. The van der Waals surface area contributed by atoms with Crippen LogP contribution in [-0.2, 0) is 6.61 Å². The van der Waals surface area contributed by atoms with E-state index in [-0.39, 0.29) is 18.3 Å². The van der Waals surface area contributed by atoms with Crippen LogP contribution in [0.25, 0.3) is 0 Å². The molecule has 0 bridgehead atoms. The number of ether oxygens (including phenoxy) is 1. The van der Waals surface area contributed by atoms with Gasteiger partial charge >= 0.3 is 0 Å². The Hall–Kier alpha value is -1.95. The van der Waals surface area contributed by atoms with Gasteiger partial charge in [0.25, 0.3) is 5.91 Å². The van der Waals surface area contributed by atoms with E-state index in [1.54, 1.807) is 11.4 Å². The summed E-state index contributed by atoms with van der Waals surface area (Å²) in [5.74, 6) is -1.47. The molecule has 3 rings (SSSR count). The van der Waals surface area contributed by atoms with Crippen LogP contribution in [0, 0.1) is 11.6 Å². The summed E-state index contributed by atoms with van der Waals surface area (Å²) in [6, 6.07) is 5.20. The highest BCUT2D eigenvalue weighted by Gasteiger charge is 2.24. The van der Waals surface area contributed by atoms with E-state index in [2.05, 4.69) is 5.32 Å². The molecule has 0 unspecified atom stereocenters. The topological polar surface area (TPSA) is 38.3 Å². The lowest BCUT2D eigenvalue weighted by Crippen LogP contribution is -2.24. The van der Waals surface area contributed by atoms with Crippen molar-refractivity contribution in [2.75, 3.05) is 0 Å². The van der Waals surface area contributed by atoms with Gasteiger partial charge in [0.15, 0.2) is 11.6 Å². The van der Waals surface area contributed by atoms with Crippen LogP contribution in [0.5, 0.6) is 5.75 Å². The van der Waals surface area contributed by atoms with Crippen molar-refractivity contribution in [2.24, 2.45) is 0 Å². The number of amides is 1. The molecule has 6 heteroatoms. The summed E-state index contributed by atoms with van der Waals surface area (Å²) in [7, 11) is 0. The van der Waals surface area contributed by atoms with Crippen molar-refractivity contribution in [3.63, 3.8) is 0 Å². The molecule has 0 aliphatic heterocycles. The van der Waals surface area contributed by atoms with Crippen molar-refractivity contribution in [3.8, 4) is 5.75 Å². The van der Waals surface area contributed by atoms with Gasteiger partial charge in [0.1, 0.15) is 12.4 Å². The fourth-order valence-corrected chi connectivity index (χ4v) is 2.61. The molecule has 21 heavy (non-hydrogen) atoms. The minimum atomic E-state index is -0.739. The molecule has 1 N–H and O–H groups in total. The molecule has 1 aromatic carbocycles. The van der Waals surface area contributed by atoms with Crippen molar-refractivity contribution in [2.45, 2.75) is 25.5 Å². The van der Waals surface area contributed by atoms with Gasteiger partial charge < -0.3 is 10.1 Å². The molecule has 3 nitrogen and oxygen atoms in total. The average Bonchev–Trinajstić information content (AvgIpc) is 3.13. The fourth-order valence-electron chi connectivity index (χ4n) is 1.81. The monoisotopic (exact) mass is 309 g/mol. The third kappa shape index (κ3) is 3.58. The van der Waals surface area contributed by atoms with Crippen LogP contribution in [0.1, 0.15) is 28.1 Å². The van der Waals surface area contributed by atoms with Gasteiger partial charge in [-0.2, -0.15) is 0 Å². The average molecular weight is 309 g/mol. The van der Waals surface area contributed by atoms with E-state index in [1.807, 2.05) is 0 Å². The van der Waals surface area contributed by atoms with E-state index in [4.69, 9.17) is 4.74 Å². The second-order valence-corrected chi connectivity index (χ2v) is 5.84. The highest BCUT2D eigenvalue weighted by molar-refractivity contribution is 7.12. The molecule has 1 fully saturated rings. The smallest absolute Gasteiger partial charge is 0.261 e. The van der Waals surface area contributed by atoms with E-state index in [0.717, 1.165) is 30.5 Å². The van der Waals surface area contributed by atoms with Crippen molar-refractivity contribution in [1.29, 1.82) is 0 Å². The van der Waals surface area contributed by atoms with E-state index in [0.29, 0.717) is 10.9 Å². The lowest BCUT2D eigenvalue weighted by Gasteiger charge is -2.05. The molecule has 1 aliphatic rings. The number of benzene rings is 1. The van der Waals surface area contributed by atoms with Crippen LogP contribution in [0.3, 0.4) is 0 Å². The molecule has 0 spiro atoms. The molecule has 0 radical (unpaired) electrons. The first-order chi connectivity index (χ1) is 10.1. The number of thiophene rings is 1. The molecule has 1 saturated carbocycles. The fraction of sp³-hybridized carbons (Fsp3) is 0.267. The summed E-state index contributed by atoms with van der Waals surface area (Å²) >= 11 is 1.32. The quantitative estimate of drug-likeness (QED) is 0.918. The van der Waals surface area contributed by atoms with Crippen molar-refractivity contribution < 1.29 is 18.3 Å². The van der Waals surface area contributed by atoms with Crippen molar-refractivity contribution in [1.82, 2.24) is 5.32 Å². The van der Waals surface area contributed by atoms with Crippen LogP contribution in [0.4, 0.5) is 8.78 Å². The van der Waals surface area contributed by atoms with E-state index < -0.39 is 11.6 Å². The predicted molar refractivity (Wildman–Crippen MR) is 75.5 cm³/mol. The Morgan fingerprint density at radius 3 is 2.86 bits per heavy atom. The minimum Gasteiger partial charge on any atom is -0.486 e. The molecule has 110 valence electrons. The number of carbonyl (C=O) groups excluding carboxylic acids is 1. The number of carbonyl (C=O) groups is 1. The molecule has 1 aromatic heterocycles. The highest BCUT2D eigenvalue weighted by Crippen LogP contribution is 2.23. The second-order valence-electron chi connectivity index (χ2n) is 4.93. The summed E-state index contributed by atoms with van der Waals surface area (Å²) in [6.07, 6.45) is 2.08. The number of rotatable bonds is 5. The van der Waals surface area contributed by atoms with Crippen molar-refractivity contribution in [3.05, 3.63) is 51.7 Å². The maximum Gasteiger partial charge on any atom is 0.261 e. The van der Waals surface area contributed by atoms with E-state index >= 15 is 0 Å². The molecular formula is C15H13F2NO2S. The number of halogens is 2. The largest absolute Gasteiger partial charge is 0.486 e. The van der Waals surface area contributed by atoms with Gasteiger partial charge in [-0.25, -0.2) is 8.78 Å². The van der Waals surface area contributed by atoms with Gasteiger partial charge in [0.2, 0.25) is 0 Å². The summed E-state index contributed by atoms with van der Waals surface area (Å²) in [5, 5.41) is 4.70. The predicted octanol–water partition coefficient (Wildman–Crippen LogP) is 3.50. The highest BCUT2D eigenvalue weighted by atomic mass is 32.1. The molecule has 0 saturated heterocycles. The number of nitrogens with one attached hydrogen (secondary N) is 1. The third-order valence-corrected chi connectivity index (χ3v) is 4.06. The van der Waals surface area contributed by atoms with Gasteiger partial charge in [-0.05, 0) is 36.4 Å². The molecule has 0 atom stereocenters. The summed E-state index contributed by atoms with van der Waals surface area (Å²) in [4.78, 5) is 12.4. The zero-order valence-corrected chi connectivity index (χ0v) is 11.9. The Kier molecular flexibility index (Phi) is 3.88. The maximum absolute atomic E-state index is 13.4. The second kappa shape index (κ2) is 5.81. The number of hydrogen-bond donors (Lipinski definition) is 1. The molecule has 2 aromatic rings. The normalized spacial score (nSPS) is 14.0. The first kappa shape index (κ1) is 14.0. The Morgan fingerprint density at radius 2 is 2.14 bits per heavy atom. The minimum absolute atomic E-state index is 0.00779. The van der Waals surface area contributed by atoms with Gasteiger partial charge in [-0.3, -0.25) is 4.79 Å². The van der Waals surface area contributed by atoms with Crippen molar-refractivity contribution >= 4 is 17.2 Å². The molecule has 1 amide bonds. The van der Waals surface area contributed by atoms with Crippen LogP contribution >= 0.6 is 11.3 Å². The van der Waals surface area contributed by atoms with Crippen LogP contribution in [0.2, 0.25) is 0 Å². The summed E-state index contributed by atoms with van der Waals surface area (Å²) in [5.41, 5.74) is 0.782. The standard InChI is InChI=1S/C15H13F2NO2S/c16-10-1-4-13(12(17)6-10)20-7-9-5-14(21-8-9)15(19)18-11-2-3-11/h1,4-6,8,11H,2-3,7H2,(H,18,19). The zero-order chi connectivity index (χ0) is 14.8. The molecular weight excluding hydrogens is 296 g/mol. The van der Waals surface area contributed by atoms with Gasteiger partial charge in [-0.1, -0.05) is 0 Å². The Labute approximate surface area is 124 Å². The Balaban J connectivity index is 1.60. The maximum atomic E-state index is 13.4. The van der Waals surface area contributed by atoms with Crippen LogP contribution in [0.15, 0.2) is 29.6 Å². The lowest BCUT2D eigenvalue weighted by molar-refractivity contribution is 0.0955. The van der Waals surface area contributed by atoms with Crippen LogP contribution < -0.4 is 10.1 Å². The summed E-state index contributed by atoms with van der Waals surface area (Å²) < 4.78 is 31.5. The Bertz CT molecular complexity index is 667. The Morgan fingerprint density at radius 1 is 1.33 bits per heavy atom. The third-order valence-electron chi connectivity index (χ3n) is 3.08. The zero-order valence-electron chi connectivity index (χ0n) is 11.1. The SMILES string of the molecule is O=C(NC1CC1)c1cc(COc2ccc(F)cc2F)cs1. The van der Waals surface area contributed by atoms with Crippen LogP contribution in [-0.4, -0.2) is 11.9 Å². The number of hydrogen-bond acceptors (Lipinski definition) is 3. The van der Waals surface area contributed by atoms with Gasteiger partial charge in [-0.15, -0.1) is 11.3 Å². The van der Waals surface area contributed by atoms with Gasteiger partial charge in [0.05, 0.1) is 4.88 Å².